The van der Waals surface area contributed by atoms with Crippen molar-refractivity contribution < 1.29 is 27.6 Å². The first-order valence-electron chi connectivity index (χ1n) is 11.2. The van der Waals surface area contributed by atoms with Crippen molar-refractivity contribution in [3.63, 3.8) is 0 Å². The lowest BCUT2D eigenvalue weighted by atomic mass is 10.3. The molecule has 13 heteroatoms. The van der Waals surface area contributed by atoms with E-state index < -0.39 is 15.6 Å². The van der Waals surface area contributed by atoms with Crippen LogP contribution in [0.3, 0.4) is 0 Å². The Balaban J connectivity index is 1.61. The van der Waals surface area contributed by atoms with Gasteiger partial charge in [-0.3, -0.25) is 28.9 Å². The van der Waals surface area contributed by atoms with Crippen molar-refractivity contribution in [2.24, 2.45) is 0 Å². The van der Waals surface area contributed by atoms with E-state index >= 15 is 0 Å². The predicted molar refractivity (Wildman–Crippen MR) is 120 cm³/mol. The molecule has 0 aromatic carbocycles. The molecule has 1 aromatic heterocycles. The molecule has 2 fully saturated rings. The third-order valence-corrected chi connectivity index (χ3v) is 8.07. The summed E-state index contributed by atoms with van der Waals surface area (Å²) in [4.78, 5) is 64.8. The van der Waals surface area contributed by atoms with Gasteiger partial charge in [0.05, 0.1) is 4.90 Å². The maximum Gasteiger partial charge on any atom is 0.251 e. The van der Waals surface area contributed by atoms with Gasteiger partial charge in [0.25, 0.3) is 5.56 Å². The Morgan fingerprint density at radius 2 is 1.35 bits per heavy atom. The average Bonchev–Trinajstić information content (AvgIpc) is 3.13. The molecule has 3 rings (SSSR count). The first-order chi connectivity index (χ1) is 16.1. The standard InChI is InChI=1S/C21H29N5O7S/c1-3-25(4-2)34(32,33)16-5-6-17(27)24(13-16)14-20(30)22-9-11-23(12-10-22)21(31)15-26-18(28)7-8-19(26)29/h5-6,13H,3-4,7-12,14-15H2,1-2H3. The number of rotatable bonds is 8. The first kappa shape index (κ1) is 25.6. The minimum absolute atomic E-state index is 0.0648. The topological polar surface area (TPSA) is 137 Å². The van der Waals surface area contributed by atoms with Crippen molar-refractivity contribution in [2.75, 3.05) is 45.8 Å². The Morgan fingerprint density at radius 3 is 1.85 bits per heavy atom. The zero-order valence-electron chi connectivity index (χ0n) is 19.3. The minimum atomic E-state index is -3.78. The van der Waals surface area contributed by atoms with Gasteiger partial charge >= 0.3 is 0 Å². The Labute approximate surface area is 197 Å². The molecule has 2 aliphatic rings. The van der Waals surface area contributed by atoms with Crippen LogP contribution in [0.25, 0.3) is 0 Å². The third kappa shape index (κ3) is 5.36. The van der Waals surface area contributed by atoms with Crippen LogP contribution in [0.5, 0.6) is 0 Å². The fourth-order valence-corrected chi connectivity index (χ4v) is 5.46. The number of carbonyl (C=O) groups excluding carboxylic acids is 4. The normalized spacial score (nSPS) is 17.1. The number of hydrogen-bond acceptors (Lipinski definition) is 7. The Morgan fingerprint density at radius 1 is 0.853 bits per heavy atom. The highest BCUT2D eigenvalue weighted by Gasteiger charge is 2.33. The lowest BCUT2D eigenvalue weighted by molar-refractivity contribution is -0.147. The molecule has 2 saturated heterocycles. The molecule has 0 aliphatic carbocycles. The number of hydrogen-bond donors (Lipinski definition) is 0. The number of imide groups is 1. The van der Waals surface area contributed by atoms with Crippen molar-refractivity contribution in [1.82, 2.24) is 23.6 Å². The van der Waals surface area contributed by atoms with Crippen molar-refractivity contribution in [2.45, 2.75) is 38.1 Å². The van der Waals surface area contributed by atoms with Crippen LogP contribution < -0.4 is 5.56 Å². The van der Waals surface area contributed by atoms with Gasteiger partial charge in [-0.25, -0.2) is 8.42 Å². The Bertz CT molecular complexity index is 1120. The van der Waals surface area contributed by atoms with Gasteiger partial charge in [-0.1, -0.05) is 13.8 Å². The lowest BCUT2D eigenvalue weighted by Crippen LogP contribution is -2.53. The SMILES string of the molecule is CCN(CC)S(=O)(=O)c1ccc(=O)n(CC(=O)N2CCN(C(=O)CN3C(=O)CCC3=O)CC2)c1. The summed E-state index contributed by atoms with van der Waals surface area (Å²) in [5.41, 5.74) is -0.499. The number of aromatic nitrogens is 1. The molecule has 34 heavy (non-hydrogen) atoms. The van der Waals surface area contributed by atoms with Crippen molar-refractivity contribution in [3.05, 3.63) is 28.7 Å². The molecule has 0 spiro atoms. The van der Waals surface area contributed by atoms with Gasteiger partial charge in [0.15, 0.2) is 0 Å². The van der Waals surface area contributed by atoms with Crippen LogP contribution >= 0.6 is 0 Å². The highest BCUT2D eigenvalue weighted by atomic mass is 32.2. The molecule has 0 bridgehead atoms. The number of nitrogens with zero attached hydrogens (tertiary/aromatic N) is 5. The van der Waals surface area contributed by atoms with E-state index in [2.05, 4.69) is 0 Å². The van der Waals surface area contributed by atoms with Gasteiger partial charge in [0.1, 0.15) is 13.1 Å². The quantitative estimate of drug-likeness (QED) is 0.409. The van der Waals surface area contributed by atoms with E-state index in [4.69, 9.17) is 0 Å². The number of amides is 4. The first-order valence-corrected chi connectivity index (χ1v) is 12.6. The van der Waals surface area contributed by atoms with E-state index in [9.17, 15) is 32.4 Å². The fourth-order valence-electron chi connectivity index (χ4n) is 3.98. The summed E-state index contributed by atoms with van der Waals surface area (Å²) in [6, 6.07) is 2.36. The van der Waals surface area contributed by atoms with Crippen LogP contribution in [-0.4, -0.2) is 101 Å². The Kier molecular flexibility index (Phi) is 7.87. The smallest absolute Gasteiger partial charge is 0.251 e. The maximum atomic E-state index is 12.8. The van der Waals surface area contributed by atoms with Crippen molar-refractivity contribution in [1.29, 1.82) is 0 Å². The molecule has 186 valence electrons. The van der Waals surface area contributed by atoms with Gasteiger partial charge in [-0.2, -0.15) is 4.31 Å². The van der Waals surface area contributed by atoms with Crippen molar-refractivity contribution >= 4 is 33.7 Å². The van der Waals surface area contributed by atoms with Gasteiger partial charge in [0, 0.05) is 64.4 Å². The number of carbonyl (C=O) groups is 4. The summed E-state index contributed by atoms with van der Waals surface area (Å²) in [6.45, 7) is 4.26. The summed E-state index contributed by atoms with van der Waals surface area (Å²) in [7, 11) is -3.78. The molecule has 0 radical (unpaired) electrons. The predicted octanol–water partition coefficient (Wildman–Crippen LogP) is -1.30. The second kappa shape index (κ2) is 10.5. The molecule has 0 saturated carbocycles. The summed E-state index contributed by atoms with van der Waals surface area (Å²) >= 11 is 0. The van der Waals surface area contributed by atoms with Crippen LogP contribution in [0.2, 0.25) is 0 Å². The fraction of sp³-hybridized carbons (Fsp3) is 0.571. The molecule has 0 N–H and O–H groups in total. The van der Waals surface area contributed by atoms with E-state index in [0.717, 1.165) is 15.5 Å². The van der Waals surface area contributed by atoms with Crippen LogP contribution in [0.1, 0.15) is 26.7 Å². The van der Waals surface area contributed by atoms with Gasteiger partial charge < -0.3 is 14.4 Å². The highest BCUT2D eigenvalue weighted by molar-refractivity contribution is 7.89. The zero-order chi connectivity index (χ0) is 25.0. The average molecular weight is 496 g/mol. The van der Waals surface area contributed by atoms with Gasteiger partial charge in [-0.05, 0) is 6.07 Å². The molecular weight excluding hydrogens is 466 g/mol. The monoisotopic (exact) mass is 495 g/mol. The molecular formula is C21H29N5O7S. The summed E-state index contributed by atoms with van der Waals surface area (Å²) in [5, 5.41) is 0. The molecule has 0 unspecified atom stereocenters. The summed E-state index contributed by atoms with van der Waals surface area (Å²) in [6.07, 6.45) is 1.41. The van der Waals surface area contributed by atoms with E-state index in [1.54, 1.807) is 13.8 Å². The van der Waals surface area contributed by atoms with Crippen LogP contribution in [0.15, 0.2) is 28.0 Å². The second-order valence-electron chi connectivity index (χ2n) is 8.06. The van der Waals surface area contributed by atoms with Gasteiger partial charge in [-0.15, -0.1) is 0 Å². The molecule has 4 amide bonds. The van der Waals surface area contributed by atoms with Crippen LogP contribution in [-0.2, 0) is 35.7 Å². The number of piperazine rings is 1. The van der Waals surface area contributed by atoms with Crippen molar-refractivity contribution in [3.8, 4) is 0 Å². The molecule has 0 atom stereocenters. The van der Waals surface area contributed by atoms with Crippen LogP contribution in [0.4, 0.5) is 0 Å². The maximum absolute atomic E-state index is 12.8. The van der Waals surface area contributed by atoms with E-state index in [-0.39, 0.29) is 93.7 Å². The van der Waals surface area contributed by atoms with Gasteiger partial charge in [0.2, 0.25) is 33.7 Å². The largest absolute Gasteiger partial charge is 0.338 e. The summed E-state index contributed by atoms with van der Waals surface area (Å²) < 4.78 is 27.8. The highest BCUT2D eigenvalue weighted by Crippen LogP contribution is 2.15. The summed E-state index contributed by atoms with van der Waals surface area (Å²) in [5.74, 6) is -1.46. The van der Waals surface area contributed by atoms with Crippen LogP contribution in [0, 0.1) is 0 Å². The minimum Gasteiger partial charge on any atom is -0.338 e. The number of pyridine rings is 1. The zero-order valence-corrected chi connectivity index (χ0v) is 20.1. The molecule has 1 aromatic rings. The van der Waals surface area contributed by atoms with E-state index in [1.807, 2.05) is 0 Å². The number of sulfonamides is 1. The third-order valence-electron chi connectivity index (χ3n) is 6.04. The molecule has 3 heterocycles. The second-order valence-corrected chi connectivity index (χ2v) is 9.99. The lowest BCUT2D eigenvalue weighted by Gasteiger charge is -2.35. The number of likely N-dealkylation sites (tertiary alicyclic amines) is 1. The molecule has 12 nitrogen and oxygen atoms in total. The van der Waals surface area contributed by atoms with E-state index in [1.165, 1.54) is 26.4 Å². The van der Waals surface area contributed by atoms with E-state index in [0.29, 0.717) is 0 Å². The Hall–Kier alpha value is -3.06. The molecule has 2 aliphatic heterocycles.